The van der Waals surface area contributed by atoms with Crippen molar-refractivity contribution in [3.63, 3.8) is 0 Å². The zero-order chi connectivity index (χ0) is 13.8. The third-order valence-electron chi connectivity index (χ3n) is 3.63. The van der Waals surface area contributed by atoms with Gasteiger partial charge in [0, 0.05) is 23.8 Å². The molecule has 0 aromatic heterocycles. The minimum Gasteiger partial charge on any atom is -0.374 e. The number of hydrogen-bond acceptors (Lipinski definition) is 3. The van der Waals surface area contributed by atoms with Crippen molar-refractivity contribution in [1.29, 1.82) is 0 Å². The highest BCUT2D eigenvalue weighted by Gasteiger charge is 2.18. The lowest BCUT2D eigenvalue weighted by Gasteiger charge is -2.29. The molecule has 19 heavy (non-hydrogen) atoms. The van der Waals surface area contributed by atoms with Crippen molar-refractivity contribution in [3.8, 4) is 0 Å². The quantitative estimate of drug-likeness (QED) is 0.890. The van der Waals surface area contributed by atoms with Crippen LogP contribution < -0.4 is 16.0 Å². The highest BCUT2D eigenvalue weighted by atomic mass is 79.9. The minimum atomic E-state index is -0.381. The standard InChI is InChI=1S/C14H20BrN3O/c1-18(9-10-4-6-17-7-5-10)13-3-2-11(15)8-12(13)14(16)19/h2-3,8,10,17H,4-7,9H2,1H3,(H2,16,19). The SMILES string of the molecule is CN(CC1CCNCC1)c1ccc(Br)cc1C(N)=O. The summed E-state index contributed by atoms with van der Waals surface area (Å²) in [6, 6.07) is 5.68. The van der Waals surface area contributed by atoms with Crippen molar-refractivity contribution >= 4 is 27.5 Å². The number of carbonyl (C=O) groups excluding carboxylic acids is 1. The Labute approximate surface area is 122 Å². The van der Waals surface area contributed by atoms with Crippen molar-refractivity contribution < 1.29 is 4.79 Å². The van der Waals surface area contributed by atoms with E-state index in [-0.39, 0.29) is 5.91 Å². The second kappa shape index (κ2) is 6.39. The van der Waals surface area contributed by atoms with Gasteiger partial charge in [0.05, 0.1) is 5.56 Å². The molecule has 1 fully saturated rings. The Morgan fingerprint density at radius 3 is 2.79 bits per heavy atom. The number of amides is 1. The first-order valence-corrected chi connectivity index (χ1v) is 7.38. The Morgan fingerprint density at radius 1 is 1.47 bits per heavy atom. The molecule has 0 spiro atoms. The number of primary amides is 1. The molecule has 0 bridgehead atoms. The molecule has 0 radical (unpaired) electrons. The van der Waals surface area contributed by atoms with Crippen LogP contribution in [0.4, 0.5) is 5.69 Å². The van der Waals surface area contributed by atoms with Crippen molar-refractivity contribution in [2.75, 3.05) is 31.6 Å². The third kappa shape index (κ3) is 3.70. The number of nitrogens with one attached hydrogen (secondary N) is 1. The van der Waals surface area contributed by atoms with E-state index in [1.54, 1.807) is 6.07 Å². The molecule has 1 aromatic carbocycles. The van der Waals surface area contributed by atoms with Gasteiger partial charge in [0.1, 0.15) is 0 Å². The van der Waals surface area contributed by atoms with E-state index in [9.17, 15) is 4.79 Å². The van der Waals surface area contributed by atoms with Gasteiger partial charge in [-0.15, -0.1) is 0 Å². The van der Waals surface area contributed by atoms with Crippen molar-refractivity contribution in [2.45, 2.75) is 12.8 Å². The molecule has 0 unspecified atom stereocenters. The largest absolute Gasteiger partial charge is 0.374 e. The van der Waals surface area contributed by atoms with Gasteiger partial charge in [-0.25, -0.2) is 0 Å². The number of benzene rings is 1. The van der Waals surface area contributed by atoms with Gasteiger partial charge in [0.25, 0.3) is 5.91 Å². The van der Waals surface area contributed by atoms with Gasteiger partial charge in [-0.1, -0.05) is 15.9 Å². The molecular weight excluding hydrogens is 306 g/mol. The molecule has 0 atom stereocenters. The fourth-order valence-electron chi connectivity index (χ4n) is 2.59. The second-order valence-corrected chi connectivity index (χ2v) is 6.02. The van der Waals surface area contributed by atoms with Crippen LogP contribution >= 0.6 is 15.9 Å². The number of nitrogens with zero attached hydrogens (tertiary/aromatic N) is 1. The number of piperidine rings is 1. The van der Waals surface area contributed by atoms with Gasteiger partial charge in [-0.3, -0.25) is 4.79 Å². The van der Waals surface area contributed by atoms with E-state index >= 15 is 0 Å². The van der Waals surface area contributed by atoms with E-state index in [2.05, 4.69) is 26.1 Å². The smallest absolute Gasteiger partial charge is 0.250 e. The molecule has 0 saturated carbocycles. The average molecular weight is 326 g/mol. The molecule has 1 amide bonds. The Bertz CT molecular complexity index is 458. The maximum atomic E-state index is 11.5. The predicted molar refractivity (Wildman–Crippen MR) is 81.5 cm³/mol. The topological polar surface area (TPSA) is 58.4 Å². The summed E-state index contributed by atoms with van der Waals surface area (Å²) in [5.74, 6) is 0.295. The monoisotopic (exact) mass is 325 g/mol. The summed E-state index contributed by atoms with van der Waals surface area (Å²) in [5, 5.41) is 3.37. The predicted octanol–water partition coefficient (Wildman–Crippen LogP) is 1.98. The molecule has 104 valence electrons. The van der Waals surface area contributed by atoms with Crippen LogP contribution in [0.2, 0.25) is 0 Å². The summed E-state index contributed by atoms with van der Waals surface area (Å²) in [6.07, 6.45) is 2.37. The number of nitrogens with two attached hydrogens (primary N) is 1. The third-order valence-corrected chi connectivity index (χ3v) is 4.12. The summed E-state index contributed by atoms with van der Waals surface area (Å²) >= 11 is 3.38. The maximum Gasteiger partial charge on any atom is 0.250 e. The Morgan fingerprint density at radius 2 is 2.16 bits per heavy atom. The normalized spacial score (nSPS) is 16.3. The lowest BCUT2D eigenvalue weighted by atomic mass is 9.97. The molecule has 1 aliphatic heterocycles. The Hall–Kier alpha value is -1.07. The Balaban J connectivity index is 2.13. The van der Waals surface area contributed by atoms with Gasteiger partial charge in [0.2, 0.25) is 0 Å². The zero-order valence-electron chi connectivity index (χ0n) is 11.2. The number of anilines is 1. The summed E-state index contributed by atoms with van der Waals surface area (Å²) in [5.41, 5.74) is 6.94. The molecule has 0 aliphatic carbocycles. The van der Waals surface area contributed by atoms with Crippen molar-refractivity contribution in [2.24, 2.45) is 11.7 Å². The average Bonchev–Trinajstić information content (AvgIpc) is 2.39. The second-order valence-electron chi connectivity index (χ2n) is 5.10. The zero-order valence-corrected chi connectivity index (χ0v) is 12.7. The lowest BCUT2D eigenvalue weighted by Crippen LogP contribution is -2.35. The minimum absolute atomic E-state index is 0.381. The van der Waals surface area contributed by atoms with Crippen LogP contribution in [-0.2, 0) is 0 Å². The molecule has 5 heteroatoms. The first-order chi connectivity index (χ1) is 9.08. The summed E-state index contributed by atoms with van der Waals surface area (Å²) in [6.45, 7) is 3.13. The van der Waals surface area contributed by atoms with Crippen LogP contribution in [0.5, 0.6) is 0 Å². The van der Waals surface area contributed by atoms with Gasteiger partial charge in [0.15, 0.2) is 0 Å². The van der Waals surface area contributed by atoms with Crippen LogP contribution in [0.15, 0.2) is 22.7 Å². The van der Waals surface area contributed by atoms with E-state index < -0.39 is 0 Å². The number of halogens is 1. The molecule has 1 aromatic rings. The first-order valence-electron chi connectivity index (χ1n) is 6.59. The van der Waals surface area contributed by atoms with Crippen LogP contribution in [0.25, 0.3) is 0 Å². The van der Waals surface area contributed by atoms with Gasteiger partial charge < -0.3 is 16.0 Å². The van der Waals surface area contributed by atoms with E-state index in [0.29, 0.717) is 11.5 Å². The van der Waals surface area contributed by atoms with E-state index in [0.717, 1.165) is 29.8 Å². The van der Waals surface area contributed by atoms with Gasteiger partial charge in [-0.05, 0) is 50.0 Å². The maximum absolute atomic E-state index is 11.5. The number of hydrogen-bond donors (Lipinski definition) is 2. The first kappa shape index (κ1) is 14.3. The van der Waals surface area contributed by atoms with Crippen LogP contribution in [-0.4, -0.2) is 32.6 Å². The van der Waals surface area contributed by atoms with Gasteiger partial charge >= 0.3 is 0 Å². The van der Waals surface area contributed by atoms with Crippen molar-refractivity contribution in [1.82, 2.24) is 5.32 Å². The molecule has 2 rings (SSSR count). The van der Waals surface area contributed by atoms with E-state index in [1.165, 1.54) is 12.8 Å². The lowest BCUT2D eigenvalue weighted by molar-refractivity contribution is 0.100. The summed E-state index contributed by atoms with van der Waals surface area (Å²) < 4.78 is 0.875. The summed E-state index contributed by atoms with van der Waals surface area (Å²) in [4.78, 5) is 13.7. The summed E-state index contributed by atoms with van der Waals surface area (Å²) in [7, 11) is 2.03. The van der Waals surface area contributed by atoms with Crippen LogP contribution in [0.1, 0.15) is 23.2 Å². The van der Waals surface area contributed by atoms with Crippen LogP contribution in [0, 0.1) is 5.92 Å². The molecule has 1 saturated heterocycles. The van der Waals surface area contributed by atoms with Crippen molar-refractivity contribution in [3.05, 3.63) is 28.2 Å². The molecule has 4 nitrogen and oxygen atoms in total. The molecular formula is C14H20BrN3O. The van der Waals surface area contributed by atoms with E-state index in [1.807, 2.05) is 19.2 Å². The Kier molecular flexibility index (Phi) is 4.82. The molecule has 1 heterocycles. The highest BCUT2D eigenvalue weighted by Crippen LogP contribution is 2.25. The van der Waals surface area contributed by atoms with Gasteiger partial charge in [-0.2, -0.15) is 0 Å². The highest BCUT2D eigenvalue weighted by molar-refractivity contribution is 9.10. The molecule has 1 aliphatic rings. The molecule has 3 N–H and O–H groups in total. The fraction of sp³-hybridized carbons (Fsp3) is 0.500. The fourth-order valence-corrected chi connectivity index (χ4v) is 2.95. The van der Waals surface area contributed by atoms with Crippen LogP contribution in [0.3, 0.4) is 0 Å². The number of rotatable bonds is 4. The number of carbonyl (C=O) groups is 1. The van der Waals surface area contributed by atoms with E-state index in [4.69, 9.17) is 5.73 Å².